The third-order valence-corrected chi connectivity index (χ3v) is 7.11. The summed E-state index contributed by atoms with van der Waals surface area (Å²) in [7, 11) is 0. The fourth-order valence-corrected chi connectivity index (χ4v) is 5.57. The van der Waals surface area contributed by atoms with Gasteiger partial charge in [-0.25, -0.2) is 0 Å². The highest BCUT2D eigenvalue weighted by Gasteiger charge is 2.38. The Bertz CT molecular complexity index is 988. The van der Waals surface area contributed by atoms with Crippen molar-refractivity contribution in [2.24, 2.45) is 11.8 Å². The number of benzene rings is 1. The van der Waals surface area contributed by atoms with Crippen LogP contribution in [0.25, 0.3) is 0 Å². The van der Waals surface area contributed by atoms with Crippen LogP contribution in [0.2, 0.25) is 0 Å². The molecule has 34 heavy (non-hydrogen) atoms. The minimum atomic E-state index is -0.903. The van der Waals surface area contributed by atoms with E-state index in [1.807, 2.05) is 44.2 Å². The molecule has 1 aliphatic heterocycles. The lowest BCUT2D eigenvalue weighted by Gasteiger charge is -2.40. The second-order valence-corrected chi connectivity index (χ2v) is 10.3. The molecule has 1 fully saturated rings. The fraction of sp³-hybridized carbons (Fsp3) is 0.556. The zero-order valence-corrected chi connectivity index (χ0v) is 20.4. The molecule has 0 radical (unpaired) electrons. The molecule has 0 bridgehead atoms. The number of anilines is 2. The molecule has 4 rings (SSSR count). The zero-order valence-electron chi connectivity index (χ0n) is 20.4. The Hall–Kier alpha value is -2.96. The van der Waals surface area contributed by atoms with Crippen LogP contribution in [0.1, 0.15) is 75.4 Å². The van der Waals surface area contributed by atoms with Gasteiger partial charge >= 0.3 is 5.97 Å². The summed E-state index contributed by atoms with van der Waals surface area (Å²) < 4.78 is 5.65. The van der Waals surface area contributed by atoms with Crippen LogP contribution in [-0.4, -0.2) is 35.2 Å². The van der Waals surface area contributed by atoms with Gasteiger partial charge in [0.05, 0.1) is 24.1 Å². The first-order valence-electron chi connectivity index (χ1n) is 12.6. The van der Waals surface area contributed by atoms with Gasteiger partial charge in [-0.15, -0.1) is 0 Å². The fourth-order valence-electron chi connectivity index (χ4n) is 5.57. The van der Waals surface area contributed by atoms with Gasteiger partial charge in [-0.3, -0.25) is 9.59 Å². The van der Waals surface area contributed by atoms with Crippen LogP contribution in [0.4, 0.5) is 11.4 Å². The number of nitrogens with zero attached hydrogens (tertiary/aromatic N) is 1. The SMILES string of the molecule is CC(C)C[C@@H](CC(=O)O)NC(=O)c1ccc2c(c1)NC(Cc1ccco1)N2C1CCCCC1C. The van der Waals surface area contributed by atoms with E-state index in [2.05, 4.69) is 22.5 Å². The zero-order chi connectivity index (χ0) is 24.2. The second kappa shape index (κ2) is 10.5. The van der Waals surface area contributed by atoms with Crippen molar-refractivity contribution < 1.29 is 19.1 Å². The number of carboxylic acids is 1. The topological polar surface area (TPSA) is 94.8 Å². The van der Waals surface area contributed by atoms with Crippen LogP contribution < -0.4 is 15.5 Å². The Balaban J connectivity index is 1.56. The first-order valence-corrected chi connectivity index (χ1v) is 12.6. The van der Waals surface area contributed by atoms with Crippen LogP contribution in [0, 0.1) is 11.8 Å². The van der Waals surface area contributed by atoms with Crippen molar-refractivity contribution in [3.05, 3.63) is 47.9 Å². The Labute approximate surface area is 201 Å². The first kappa shape index (κ1) is 24.2. The summed E-state index contributed by atoms with van der Waals surface area (Å²) in [6.07, 6.45) is 7.95. The normalized spacial score (nSPS) is 22.8. The average Bonchev–Trinajstić information content (AvgIpc) is 3.40. The van der Waals surface area contributed by atoms with E-state index < -0.39 is 12.0 Å². The van der Waals surface area contributed by atoms with Crippen molar-refractivity contribution in [2.75, 3.05) is 10.2 Å². The number of amides is 1. The number of hydrogen-bond donors (Lipinski definition) is 3. The van der Waals surface area contributed by atoms with Crippen LogP contribution in [0.15, 0.2) is 41.0 Å². The predicted octanol–water partition coefficient (Wildman–Crippen LogP) is 5.28. The van der Waals surface area contributed by atoms with Gasteiger partial charge in [-0.1, -0.05) is 33.6 Å². The maximum atomic E-state index is 13.0. The summed E-state index contributed by atoms with van der Waals surface area (Å²) >= 11 is 0. The standard InChI is InChI=1S/C27H37N3O4/c1-17(2)13-20(15-26(31)32)28-27(33)19-10-11-24-22(14-19)29-25(16-21-8-6-12-34-21)30(24)23-9-5-4-7-18(23)3/h6,8,10-12,14,17-18,20,23,25,29H,4-5,7,9,13,15-16H2,1-3H3,(H,28,33)(H,31,32)/t18?,20-,23?,25?/m0/s1. The lowest BCUT2D eigenvalue weighted by molar-refractivity contribution is -0.137. The molecule has 1 aromatic carbocycles. The molecular formula is C27H37N3O4. The largest absolute Gasteiger partial charge is 0.481 e. The molecule has 0 saturated heterocycles. The Morgan fingerprint density at radius 3 is 2.71 bits per heavy atom. The summed E-state index contributed by atoms with van der Waals surface area (Å²) in [6.45, 7) is 6.39. The van der Waals surface area contributed by atoms with E-state index in [9.17, 15) is 14.7 Å². The summed E-state index contributed by atoms with van der Waals surface area (Å²) in [5.41, 5.74) is 2.61. The molecule has 4 atom stereocenters. The number of furan rings is 1. The lowest BCUT2D eigenvalue weighted by Crippen LogP contribution is -2.48. The van der Waals surface area contributed by atoms with Crippen molar-refractivity contribution >= 4 is 23.3 Å². The van der Waals surface area contributed by atoms with Crippen LogP contribution >= 0.6 is 0 Å². The number of carbonyl (C=O) groups excluding carboxylic acids is 1. The summed E-state index contributed by atoms with van der Waals surface area (Å²) in [5, 5.41) is 15.8. The highest BCUT2D eigenvalue weighted by atomic mass is 16.4. The van der Waals surface area contributed by atoms with Gasteiger partial charge in [-0.2, -0.15) is 0 Å². The molecule has 3 unspecified atom stereocenters. The molecule has 2 aromatic rings. The van der Waals surface area contributed by atoms with E-state index in [-0.39, 0.29) is 18.5 Å². The minimum absolute atomic E-state index is 0.0608. The van der Waals surface area contributed by atoms with E-state index in [0.29, 0.717) is 29.9 Å². The monoisotopic (exact) mass is 467 g/mol. The molecule has 1 amide bonds. The summed E-state index contributed by atoms with van der Waals surface area (Å²) in [4.78, 5) is 26.8. The lowest BCUT2D eigenvalue weighted by atomic mass is 9.84. The van der Waals surface area contributed by atoms with E-state index in [1.165, 1.54) is 19.3 Å². The van der Waals surface area contributed by atoms with Crippen LogP contribution in [0.3, 0.4) is 0 Å². The van der Waals surface area contributed by atoms with E-state index in [1.54, 1.807) is 6.26 Å². The molecule has 1 saturated carbocycles. The van der Waals surface area contributed by atoms with Crippen molar-refractivity contribution in [1.29, 1.82) is 0 Å². The van der Waals surface area contributed by atoms with E-state index in [0.717, 1.165) is 30.0 Å². The highest BCUT2D eigenvalue weighted by Crippen LogP contribution is 2.42. The van der Waals surface area contributed by atoms with Crippen molar-refractivity contribution in [2.45, 2.75) is 84.0 Å². The Morgan fingerprint density at radius 1 is 1.24 bits per heavy atom. The molecule has 0 spiro atoms. The number of aliphatic carboxylic acids is 1. The van der Waals surface area contributed by atoms with Gasteiger partial charge in [0, 0.05) is 24.1 Å². The molecule has 3 N–H and O–H groups in total. The smallest absolute Gasteiger partial charge is 0.305 e. The van der Waals surface area contributed by atoms with Crippen LogP contribution in [-0.2, 0) is 11.2 Å². The number of nitrogens with one attached hydrogen (secondary N) is 2. The minimum Gasteiger partial charge on any atom is -0.481 e. The third kappa shape index (κ3) is 5.57. The Kier molecular flexibility index (Phi) is 7.49. The van der Waals surface area contributed by atoms with Gasteiger partial charge < -0.3 is 25.1 Å². The average molecular weight is 468 g/mol. The molecule has 184 valence electrons. The third-order valence-electron chi connectivity index (χ3n) is 7.11. The van der Waals surface area contributed by atoms with Gasteiger partial charge in [0.2, 0.25) is 0 Å². The van der Waals surface area contributed by atoms with Crippen molar-refractivity contribution in [1.82, 2.24) is 5.32 Å². The summed E-state index contributed by atoms with van der Waals surface area (Å²) in [5.74, 6) is 0.682. The second-order valence-electron chi connectivity index (χ2n) is 10.3. The maximum Gasteiger partial charge on any atom is 0.305 e. The maximum absolute atomic E-state index is 13.0. The number of rotatable bonds is 9. The molecule has 7 heteroatoms. The highest BCUT2D eigenvalue weighted by molar-refractivity contribution is 5.97. The van der Waals surface area contributed by atoms with Gasteiger partial charge in [-0.05, 0) is 61.4 Å². The van der Waals surface area contributed by atoms with Crippen molar-refractivity contribution in [3.63, 3.8) is 0 Å². The van der Waals surface area contributed by atoms with Gasteiger partial charge in [0.15, 0.2) is 0 Å². The quantitative estimate of drug-likeness (QED) is 0.465. The van der Waals surface area contributed by atoms with E-state index in [4.69, 9.17) is 4.42 Å². The van der Waals surface area contributed by atoms with Crippen molar-refractivity contribution in [3.8, 4) is 0 Å². The molecule has 1 aromatic heterocycles. The molecule has 7 nitrogen and oxygen atoms in total. The number of carbonyl (C=O) groups is 2. The molecule has 2 aliphatic rings. The Morgan fingerprint density at radius 2 is 2.03 bits per heavy atom. The van der Waals surface area contributed by atoms with E-state index >= 15 is 0 Å². The number of carboxylic acid groups (broad SMARTS) is 1. The van der Waals surface area contributed by atoms with Gasteiger partial charge in [0.25, 0.3) is 5.91 Å². The molecule has 2 heterocycles. The predicted molar refractivity (Wildman–Crippen MR) is 133 cm³/mol. The van der Waals surface area contributed by atoms with Gasteiger partial charge in [0.1, 0.15) is 11.9 Å². The molecule has 1 aliphatic carbocycles. The number of hydrogen-bond acceptors (Lipinski definition) is 5. The first-order chi connectivity index (χ1) is 16.3. The van der Waals surface area contributed by atoms with Crippen LogP contribution in [0.5, 0.6) is 0 Å². The molecular weight excluding hydrogens is 430 g/mol. The summed E-state index contributed by atoms with van der Waals surface area (Å²) in [6, 6.07) is 9.77. The number of fused-ring (bicyclic) bond motifs is 1.